The van der Waals surface area contributed by atoms with Crippen molar-refractivity contribution in [2.75, 3.05) is 10.6 Å². The van der Waals surface area contributed by atoms with Crippen molar-refractivity contribution < 1.29 is 4.79 Å². The molecule has 0 aliphatic rings. The van der Waals surface area contributed by atoms with E-state index in [2.05, 4.69) is 10.6 Å². The van der Waals surface area contributed by atoms with Crippen molar-refractivity contribution in [1.29, 1.82) is 0 Å². The summed E-state index contributed by atoms with van der Waals surface area (Å²) >= 11 is 0. The van der Waals surface area contributed by atoms with Gasteiger partial charge in [-0.05, 0) is 42.5 Å². The van der Waals surface area contributed by atoms with Crippen molar-refractivity contribution in [2.24, 2.45) is 0 Å². The van der Waals surface area contributed by atoms with Gasteiger partial charge in [0.05, 0.1) is 11.0 Å². The monoisotopic (exact) mass is 416 g/mol. The Balaban J connectivity index is 1.57. The van der Waals surface area contributed by atoms with Crippen molar-refractivity contribution in [2.45, 2.75) is 0 Å². The van der Waals surface area contributed by atoms with Crippen LogP contribution < -0.4 is 10.6 Å². The maximum Gasteiger partial charge on any atom is 0.193 e. The number of carbonyl (C=O) groups is 1. The van der Waals surface area contributed by atoms with E-state index in [1.807, 2.05) is 97.1 Å². The number of nitrogens with one attached hydrogen (secondary N) is 2. The molecule has 0 unspecified atom stereocenters. The third-order valence-corrected chi connectivity index (χ3v) is 5.04. The quantitative estimate of drug-likeness (QED) is 0.316. The number of rotatable bonds is 6. The smallest absolute Gasteiger partial charge is 0.193 e. The van der Waals surface area contributed by atoms with Crippen LogP contribution in [0.4, 0.5) is 23.0 Å². The molecule has 5 rings (SSSR count). The molecule has 0 fully saturated rings. The highest BCUT2D eigenvalue weighted by atomic mass is 16.1. The van der Waals surface area contributed by atoms with E-state index in [-0.39, 0.29) is 5.78 Å². The van der Waals surface area contributed by atoms with Gasteiger partial charge in [-0.25, -0.2) is 9.97 Å². The van der Waals surface area contributed by atoms with E-state index in [0.717, 1.165) is 11.4 Å². The van der Waals surface area contributed by atoms with Crippen LogP contribution in [-0.2, 0) is 0 Å². The van der Waals surface area contributed by atoms with Crippen molar-refractivity contribution in [3.05, 3.63) is 120 Å². The Labute approximate surface area is 185 Å². The first kappa shape index (κ1) is 19.5. The van der Waals surface area contributed by atoms with Crippen molar-refractivity contribution in [3.8, 4) is 0 Å². The first-order chi connectivity index (χ1) is 15.8. The Hall–Kier alpha value is -4.51. The van der Waals surface area contributed by atoms with Gasteiger partial charge in [-0.1, -0.05) is 66.7 Å². The average molecular weight is 416 g/mol. The molecule has 0 saturated carbocycles. The Morgan fingerprint density at radius 1 is 0.531 bits per heavy atom. The van der Waals surface area contributed by atoms with Crippen LogP contribution in [0.15, 0.2) is 109 Å². The molecule has 1 aromatic heterocycles. The highest BCUT2D eigenvalue weighted by Gasteiger charge is 2.14. The number of nitrogens with zero attached hydrogens (tertiary/aromatic N) is 2. The minimum absolute atomic E-state index is 0.0432. The lowest BCUT2D eigenvalue weighted by atomic mass is 10.0. The van der Waals surface area contributed by atoms with E-state index in [9.17, 15) is 4.79 Å². The fourth-order valence-electron chi connectivity index (χ4n) is 3.44. The van der Waals surface area contributed by atoms with E-state index in [1.54, 1.807) is 12.1 Å². The third-order valence-electron chi connectivity index (χ3n) is 5.04. The molecule has 1 heterocycles. The molecule has 0 aliphatic heterocycles. The van der Waals surface area contributed by atoms with E-state index in [0.29, 0.717) is 33.8 Å². The van der Waals surface area contributed by atoms with Gasteiger partial charge in [0, 0.05) is 22.5 Å². The Morgan fingerprint density at radius 2 is 1.03 bits per heavy atom. The van der Waals surface area contributed by atoms with Gasteiger partial charge in [-0.2, -0.15) is 0 Å². The predicted octanol–water partition coefficient (Wildman–Crippen LogP) is 6.35. The molecule has 0 amide bonds. The van der Waals surface area contributed by atoms with Crippen LogP contribution >= 0.6 is 0 Å². The van der Waals surface area contributed by atoms with Crippen LogP contribution in [0.1, 0.15) is 15.9 Å². The van der Waals surface area contributed by atoms with E-state index in [1.165, 1.54) is 0 Å². The highest BCUT2D eigenvalue weighted by Crippen LogP contribution is 2.28. The van der Waals surface area contributed by atoms with Crippen LogP contribution in [0.3, 0.4) is 0 Å². The van der Waals surface area contributed by atoms with Crippen LogP contribution in [0.25, 0.3) is 11.0 Å². The van der Waals surface area contributed by atoms with Crippen molar-refractivity contribution in [3.63, 3.8) is 0 Å². The Bertz CT molecular complexity index is 1370. The van der Waals surface area contributed by atoms with Crippen LogP contribution in [0.2, 0.25) is 0 Å². The molecule has 0 spiro atoms. The van der Waals surface area contributed by atoms with Crippen molar-refractivity contribution in [1.82, 2.24) is 9.97 Å². The van der Waals surface area contributed by atoms with E-state index in [4.69, 9.17) is 9.97 Å². The number of ketones is 1. The molecular weight excluding hydrogens is 396 g/mol. The van der Waals surface area contributed by atoms with Gasteiger partial charge in [0.2, 0.25) is 0 Å². The second-order valence-electron chi connectivity index (χ2n) is 7.30. The topological polar surface area (TPSA) is 66.9 Å². The lowest BCUT2D eigenvalue weighted by molar-refractivity contribution is 0.103. The zero-order valence-corrected chi connectivity index (χ0v) is 17.2. The molecule has 4 aromatic carbocycles. The fraction of sp³-hybridized carbons (Fsp3) is 0. The van der Waals surface area contributed by atoms with Gasteiger partial charge < -0.3 is 10.6 Å². The molecule has 5 heteroatoms. The fourth-order valence-corrected chi connectivity index (χ4v) is 3.44. The molecule has 5 aromatic rings. The molecule has 0 radical (unpaired) electrons. The number of fused-ring (bicyclic) bond motifs is 1. The zero-order valence-electron chi connectivity index (χ0n) is 17.2. The van der Waals surface area contributed by atoms with E-state index < -0.39 is 0 Å². The molecule has 32 heavy (non-hydrogen) atoms. The molecule has 154 valence electrons. The maximum atomic E-state index is 12.9. The van der Waals surface area contributed by atoms with Gasteiger partial charge in [-0.3, -0.25) is 4.79 Å². The van der Waals surface area contributed by atoms with Crippen LogP contribution in [0, 0.1) is 0 Å². The zero-order chi connectivity index (χ0) is 21.8. The Kier molecular flexibility index (Phi) is 5.29. The van der Waals surface area contributed by atoms with Crippen LogP contribution in [-0.4, -0.2) is 15.8 Å². The summed E-state index contributed by atoms with van der Waals surface area (Å²) in [6.45, 7) is 0. The van der Waals surface area contributed by atoms with Gasteiger partial charge >= 0.3 is 0 Å². The number of hydrogen-bond acceptors (Lipinski definition) is 5. The van der Waals surface area contributed by atoms with Gasteiger partial charge in [0.1, 0.15) is 0 Å². The highest BCUT2D eigenvalue weighted by molar-refractivity contribution is 6.10. The summed E-state index contributed by atoms with van der Waals surface area (Å²) in [5.41, 5.74) is 4.37. The molecule has 0 saturated heterocycles. The minimum atomic E-state index is -0.0432. The summed E-state index contributed by atoms with van der Waals surface area (Å²) < 4.78 is 0. The first-order valence-corrected chi connectivity index (χ1v) is 10.3. The third kappa shape index (κ3) is 4.18. The summed E-state index contributed by atoms with van der Waals surface area (Å²) in [7, 11) is 0. The number of aromatic nitrogens is 2. The molecule has 0 bridgehead atoms. The molecule has 0 atom stereocenters. The lowest BCUT2D eigenvalue weighted by Crippen LogP contribution is -2.05. The number of benzene rings is 4. The Morgan fingerprint density at radius 3 is 1.59 bits per heavy atom. The summed E-state index contributed by atoms with van der Waals surface area (Å²) in [5, 5.41) is 6.69. The second-order valence-corrected chi connectivity index (χ2v) is 7.30. The SMILES string of the molecule is O=C(c1ccccc1)c1ccc2nc(Nc3ccccc3)c(Nc3ccccc3)nc2c1. The van der Waals surface area contributed by atoms with Gasteiger partial charge in [0.15, 0.2) is 17.4 Å². The number of para-hydroxylation sites is 2. The number of carbonyl (C=O) groups excluding carboxylic acids is 1. The molecule has 5 nitrogen and oxygen atoms in total. The lowest BCUT2D eigenvalue weighted by Gasteiger charge is -2.14. The standard InChI is InChI=1S/C27H20N4O/c32-25(19-10-4-1-5-11-19)20-16-17-23-24(18-20)31-27(29-22-14-8-3-9-15-22)26(30-23)28-21-12-6-2-7-13-21/h1-18H,(H,28,30)(H,29,31). The summed E-state index contributed by atoms with van der Waals surface area (Å²) in [6.07, 6.45) is 0. The maximum absolute atomic E-state index is 12.9. The van der Waals surface area contributed by atoms with Gasteiger partial charge in [0.25, 0.3) is 0 Å². The summed E-state index contributed by atoms with van der Waals surface area (Å²) in [5.74, 6) is 1.14. The molecule has 2 N–H and O–H groups in total. The predicted molar refractivity (Wildman–Crippen MR) is 129 cm³/mol. The largest absolute Gasteiger partial charge is 0.337 e. The number of hydrogen-bond donors (Lipinski definition) is 2. The normalized spacial score (nSPS) is 10.6. The summed E-state index contributed by atoms with van der Waals surface area (Å²) in [6, 6.07) is 34.3. The molecule has 0 aliphatic carbocycles. The summed E-state index contributed by atoms with van der Waals surface area (Å²) in [4.78, 5) is 22.5. The van der Waals surface area contributed by atoms with Crippen molar-refractivity contribution >= 4 is 39.8 Å². The first-order valence-electron chi connectivity index (χ1n) is 10.3. The van der Waals surface area contributed by atoms with Crippen LogP contribution in [0.5, 0.6) is 0 Å². The molecular formula is C27H20N4O. The number of anilines is 4. The average Bonchev–Trinajstić information content (AvgIpc) is 2.85. The second kappa shape index (κ2) is 8.70. The van der Waals surface area contributed by atoms with Gasteiger partial charge in [-0.15, -0.1) is 0 Å². The minimum Gasteiger partial charge on any atom is -0.337 e. The van der Waals surface area contributed by atoms with E-state index >= 15 is 0 Å².